The van der Waals surface area contributed by atoms with E-state index in [1.807, 2.05) is 0 Å². The van der Waals surface area contributed by atoms with Gasteiger partial charge in [0, 0.05) is 21.7 Å². The summed E-state index contributed by atoms with van der Waals surface area (Å²) < 4.78 is 4.86. The van der Waals surface area contributed by atoms with Gasteiger partial charge in [-0.05, 0) is 18.2 Å². The molecular weight excluding hydrogens is 237 g/mol. The SMILES string of the molecule is OCc1cc(-c2cc(Cl)cc(Cl)c2)no1. The molecule has 78 valence electrons. The van der Waals surface area contributed by atoms with Gasteiger partial charge in [-0.1, -0.05) is 28.4 Å². The van der Waals surface area contributed by atoms with E-state index < -0.39 is 0 Å². The van der Waals surface area contributed by atoms with E-state index in [1.54, 1.807) is 24.3 Å². The average Bonchev–Trinajstić information content (AvgIpc) is 2.64. The second-order valence-corrected chi connectivity index (χ2v) is 3.87. The molecule has 1 heterocycles. The van der Waals surface area contributed by atoms with Crippen LogP contribution in [0.4, 0.5) is 0 Å². The van der Waals surface area contributed by atoms with E-state index in [0.717, 1.165) is 5.56 Å². The molecule has 0 atom stereocenters. The van der Waals surface area contributed by atoms with Crippen LogP contribution in [0.3, 0.4) is 0 Å². The fraction of sp³-hybridized carbons (Fsp3) is 0.100. The minimum Gasteiger partial charge on any atom is -0.388 e. The lowest BCUT2D eigenvalue weighted by molar-refractivity contribution is 0.229. The molecule has 3 nitrogen and oxygen atoms in total. The molecule has 1 aromatic carbocycles. The van der Waals surface area contributed by atoms with Gasteiger partial charge in [0.2, 0.25) is 0 Å². The van der Waals surface area contributed by atoms with Crippen molar-refractivity contribution in [2.75, 3.05) is 0 Å². The van der Waals surface area contributed by atoms with Gasteiger partial charge < -0.3 is 9.63 Å². The molecule has 0 unspecified atom stereocenters. The van der Waals surface area contributed by atoms with Crippen LogP contribution < -0.4 is 0 Å². The number of nitrogens with zero attached hydrogens (tertiary/aromatic N) is 1. The first-order chi connectivity index (χ1) is 7.19. The first-order valence-corrected chi connectivity index (χ1v) is 4.97. The summed E-state index contributed by atoms with van der Waals surface area (Å²) in [4.78, 5) is 0. The Morgan fingerprint density at radius 2 is 1.80 bits per heavy atom. The van der Waals surface area contributed by atoms with Crippen molar-refractivity contribution in [2.45, 2.75) is 6.61 Å². The van der Waals surface area contributed by atoms with Crippen molar-refractivity contribution in [1.82, 2.24) is 5.16 Å². The van der Waals surface area contributed by atoms with Gasteiger partial charge in [0.05, 0.1) is 0 Å². The summed E-state index contributed by atoms with van der Waals surface area (Å²) >= 11 is 11.7. The van der Waals surface area contributed by atoms with Crippen molar-refractivity contribution in [3.8, 4) is 11.3 Å². The van der Waals surface area contributed by atoms with Crippen molar-refractivity contribution in [1.29, 1.82) is 0 Å². The molecule has 0 saturated heterocycles. The Morgan fingerprint density at radius 1 is 1.13 bits per heavy atom. The van der Waals surface area contributed by atoms with Gasteiger partial charge in [-0.3, -0.25) is 0 Å². The van der Waals surface area contributed by atoms with Crippen molar-refractivity contribution in [2.24, 2.45) is 0 Å². The number of hydrogen-bond acceptors (Lipinski definition) is 3. The second-order valence-electron chi connectivity index (χ2n) is 2.99. The van der Waals surface area contributed by atoms with Crippen LogP contribution in [0.25, 0.3) is 11.3 Å². The van der Waals surface area contributed by atoms with Crippen LogP contribution in [0.1, 0.15) is 5.76 Å². The molecule has 0 aliphatic carbocycles. The van der Waals surface area contributed by atoms with E-state index >= 15 is 0 Å². The Bertz CT molecular complexity index is 462. The number of benzene rings is 1. The number of halogens is 2. The monoisotopic (exact) mass is 243 g/mol. The Kier molecular flexibility index (Phi) is 2.95. The molecule has 1 N–H and O–H groups in total. The number of aliphatic hydroxyl groups excluding tert-OH is 1. The van der Waals surface area contributed by atoms with E-state index in [4.69, 9.17) is 32.8 Å². The summed E-state index contributed by atoms with van der Waals surface area (Å²) in [5.41, 5.74) is 1.36. The van der Waals surface area contributed by atoms with Crippen LogP contribution in [0.5, 0.6) is 0 Å². The highest BCUT2D eigenvalue weighted by molar-refractivity contribution is 6.35. The molecule has 0 aliphatic rings. The molecule has 0 spiro atoms. The summed E-state index contributed by atoms with van der Waals surface area (Å²) in [6.07, 6.45) is 0. The van der Waals surface area contributed by atoms with Gasteiger partial charge in [-0.2, -0.15) is 0 Å². The molecule has 0 bridgehead atoms. The highest BCUT2D eigenvalue weighted by atomic mass is 35.5. The molecule has 0 aliphatic heterocycles. The molecule has 2 rings (SSSR count). The van der Waals surface area contributed by atoms with E-state index in [2.05, 4.69) is 5.16 Å². The Hall–Kier alpha value is -1.03. The number of hydrogen-bond donors (Lipinski definition) is 1. The number of aliphatic hydroxyl groups is 1. The average molecular weight is 244 g/mol. The minimum atomic E-state index is -0.179. The van der Waals surface area contributed by atoms with Crippen LogP contribution in [0.15, 0.2) is 28.8 Å². The lowest BCUT2D eigenvalue weighted by atomic mass is 10.1. The maximum atomic E-state index is 8.82. The normalized spacial score (nSPS) is 10.6. The molecule has 0 saturated carbocycles. The highest BCUT2D eigenvalue weighted by Gasteiger charge is 2.07. The maximum absolute atomic E-state index is 8.82. The molecule has 0 radical (unpaired) electrons. The highest BCUT2D eigenvalue weighted by Crippen LogP contribution is 2.26. The van der Waals surface area contributed by atoms with Crippen LogP contribution in [0, 0.1) is 0 Å². The predicted molar refractivity (Wildman–Crippen MR) is 57.9 cm³/mol. The first-order valence-electron chi connectivity index (χ1n) is 4.22. The molecule has 1 aromatic heterocycles. The lowest BCUT2D eigenvalue weighted by Gasteiger charge is -1.97. The first kappa shape index (κ1) is 10.5. The summed E-state index contributed by atoms with van der Waals surface area (Å²) in [5.74, 6) is 0.404. The van der Waals surface area contributed by atoms with Gasteiger partial charge >= 0.3 is 0 Å². The quantitative estimate of drug-likeness (QED) is 0.882. The third-order valence-electron chi connectivity index (χ3n) is 1.87. The topological polar surface area (TPSA) is 46.3 Å². The third-order valence-corrected chi connectivity index (χ3v) is 2.31. The fourth-order valence-corrected chi connectivity index (χ4v) is 1.75. The van der Waals surface area contributed by atoms with Gasteiger partial charge in [0.25, 0.3) is 0 Å². The van der Waals surface area contributed by atoms with Crippen LogP contribution >= 0.6 is 23.2 Å². The number of rotatable bonds is 2. The van der Waals surface area contributed by atoms with Gasteiger partial charge in [-0.25, -0.2) is 0 Å². The smallest absolute Gasteiger partial charge is 0.162 e. The Labute approximate surface area is 96.2 Å². The van der Waals surface area contributed by atoms with Crippen molar-refractivity contribution >= 4 is 23.2 Å². The predicted octanol–water partition coefficient (Wildman–Crippen LogP) is 3.14. The van der Waals surface area contributed by atoms with Gasteiger partial charge in [0.1, 0.15) is 12.3 Å². The summed E-state index contributed by atoms with van der Waals surface area (Å²) in [6, 6.07) is 6.74. The Balaban J connectivity index is 2.44. The molecule has 2 aromatic rings. The van der Waals surface area contributed by atoms with E-state index in [-0.39, 0.29) is 6.61 Å². The standard InChI is InChI=1S/C10H7Cl2NO2/c11-7-1-6(2-8(12)3-7)10-4-9(5-14)15-13-10/h1-4,14H,5H2. The van der Waals surface area contributed by atoms with Gasteiger partial charge in [-0.15, -0.1) is 0 Å². The Morgan fingerprint density at radius 3 is 2.33 bits per heavy atom. The molecule has 5 heteroatoms. The maximum Gasteiger partial charge on any atom is 0.162 e. The van der Waals surface area contributed by atoms with E-state index in [1.165, 1.54) is 0 Å². The van der Waals surface area contributed by atoms with E-state index in [0.29, 0.717) is 21.5 Å². The summed E-state index contributed by atoms with van der Waals surface area (Å²) in [6.45, 7) is -0.179. The van der Waals surface area contributed by atoms with Crippen LogP contribution in [-0.2, 0) is 6.61 Å². The van der Waals surface area contributed by atoms with Crippen molar-refractivity contribution < 1.29 is 9.63 Å². The fourth-order valence-electron chi connectivity index (χ4n) is 1.23. The van der Waals surface area contributed by atoms with Crippen LogP contribution in [-0.4, -0.2) is 10.3 Å². The zero-order chi connectivity index (χ0) is 10.8. The molecular formula is C10H7Cl2NO2. The second kappa shape index (κ2) is 4.23. The van der Waals surface area contributed by atoms with Gasteiger partial charge in [0.15, 0.2) is 5.76 Å². The third kappa shape index (κ3) is 2.31. The summed E-state index contributed by atoms with van der Waals surface area (Å²) in [5, 5.41) is 13.7. The van der Waals surface area contributed by atoms with Crippen molar-refractivity contribution in [3.05, 3.63) is 40.1 Å². The zero-order valence-electron chi connectivity index (χ0n) is 7.58. The zero-order valence-corrected chi connectivity index (χ0v) is 9.09. The van der Waals surface area contributed by atoms with Crippen molar-refractivity contribution in [3.63, 3.8) is 0 Å². The van der Waals surface area contributed by atoms with Crippen LogP contribution in [0.2, 0.25) is 10.0 Å². The molecule has 0 amide bonds. The largest absolute Gasteiger partial charge is 0.388 e. The lowest BCUT2D eigenvalue weighted by Crippen LogP contribution is -1.78. The van der Waals surface area contributed by atoms with E-state index in [9.17, 15) is 0 Å². The minimum absolute atomic E-state index is 0.179. The molecule has 15 heavy (non-hydrogen) atoms. The number of aromatic nitrogens is 1. The summed E-state index contributed by atoms with van der Waals surface area (Å²) in [7, 11) is 0. The molecule has 0 fully saturated rings.